The third-order valence-corrected chi connectivity index (χ3v) is 4.32. The maximum atomic E-state index is 3.81. The molecule has 2 rings (SSSR count). The highest BCUT2D eigenvalue weighted by atomic mass is 14.9. The van der Waals surface area contributed by atoms with E-state index < -0.39 is 0 Å². The van der Waals surface area contributed by atoms with Gasteiger partial charge in [-0.3, -0.25) is 0 Å². The molecule has 0 aliphatic heterocycles. The molecule has 1 aromatic rings. The SMILES string of the molecule is CC(C)(C)c1ccccc1NC1CCCC1(C)C. The largest absolute Gasteiger partial charge is 0.382 e. The molecule has 0 saturated heterocycles. The molecule has 1 aliphatic carbocycles. The van der Waals surface area contributed by atoms with Crippen molar-refractivity contribution >= 4 is 5.69 Å². The van der Waals surface area contributed by atoms with Crippen LogP contribution in [-0.2, 0) is 5.41 Å². The number of hydrogen-bond acceptors (Lipinski definition) is 1. The predicted octanol–water partition coefficient (Wildman–Crippen LogP) is 4.97. The van der Waals surface area contributed by atoms with Crippen molar-refractivity contribution in [2.24, 2.45) is 5.41 Å². The zero-order valence-corrected chi connectivity index (χ0v) is 12.5. The van der Waals surface area contributed by atoms with Gasteiger partial charge in [-0.2, -0.15) is 0 Å². The maximum absolute atomic E-state index is 3.81. The van der Waals surface area contributed by atoms with Gasteiger partial charge in [-0.15, -0.1) is 0 Å². The fraction of sp³-hybridized carbons (Fsp3) is 0.647. The molecule has 1 aliphatic rings. The Morgan fingerprint density at radius 2 is 1.83 bits per heavy atom. The predicted molar refractivity (Wildman–Crippen MR) is 80.2 cm³/mol. The Morgan fingerprint density at radius 3 is 2.39 bits per heavy atom. The molecule has 1 saturated carbocycles. The molecule has 0 spiro atoms. The van der Waals surface area contributed by atoms with E-state index in [0.29, 0.717) is 11.5 Å². The summed E-state index contributed by atoms with van der Waals surface area (Å²) in [6, 6.07) is 9.38. The zero-order valence-electron chi connectivity index (χ0n) is 12.5. The summed E-state index contributed by atoms with van der Waals surface area (Å²) < 4.78 is 0. The van der Waals surface area contributed by atoms with E-state index in [1.807, 2.05) is 0 Å². The van der Waals surface area contributed by atoms with Crippen LogP contribution in [0.25, 0.3) is 0 Å². The summed E-state index contributed by atoms with van der Waals surface area (Å²) in [6.07, 6.45) is 3.98. The Kier molecular flexibility index (Phi) is 3.44. The van der Waals surface area contributed by atoms with Crippen molar-refractivity contribution in [1.82, 2.24) is 0 Å². The first-order valence-electron chi connectivity index (χ1n) is 7.17. The second-order valence-electron chi connectivity index (χ2n) is 7.37. The van der Waals surface area contributed by atoms with E-state index in [2.05, 4.69) is 64.2 Å². The zero-order chi connectivity index (χ0) is 13.4. The second kappa shape index (κ2) is 4.60. The number of hydrogen-bond donors (Lipinski definition) is 1. The van der Waals surface area contributed by atoms with Crippen LogP contribution < -0.4 is 5.32 Å². The van der Waals surface area contributed by atoms with E-state index in [1.54, 1.807) is 0 Å². The lowest BCUT2D eigenvalue weighted by atomic mass is 9.84. The molecule has 18 heavy (non-hydrogen) atoms. The number of anilines is 1. The van der Waals surface area contributed by atoms with Crippen molar-refractivity contribution in [3.05, 3.63) is 29.8 Å². The Labute approximate surface area is 112 Å². The molecule has 1 heteroatoms. The van der Waals surface area contributed by atoms with Gasteiger partial charge in [-0.25, -0.2) is 0 Å². The van der Waals surface area contributed by atoms with Gasteiger partial charge in [0.1, 0.15) is 0 Å². The third kappa shape index (κ3) is 2.71. The smallest absolute Gasteiger partial charge is 0.0380 e. The van der Waals surface area contributed by atoms with Gasteiger partial charge < -0.3 is 5.32 Å². The molecule has 0 bridgehead atoms. The molecule has 1 nitrogen and oxygen atoms in total. The first kappa shape index (κ1) is 13.5. The van der Waals surface area contributed by atoms with Crippen LogP contribution in [-0.4, -0.2) is 6.04 Å². The quantitative estimate of drug-likeness (QED) is 0.775. The average molecular weight is 245 g/mol. The summed E-state index contributed by atoms with van der Waals surface area (Å²) >= 11 is 0. The van der Waals surface area contributed by atoms with Crippen molar-refractivity contribution in [3.63, 3.8) is 0 Å². The van der Waals surface area contributed by atoms with Crippen LogP contribution in [0.5, 0.6) is 0 Å². The van der Waals surface area contributed by atoms with E-state index in [1.165, 1.54) is 30.5 Å². The fourth-order valence-electron chi connectivity index (χ4n) is 3.05. The van der Waals surface area contributed by atoms with Crippen LogP contribution in [0.4, 0.5) is 5.69 Å². The highest BCUT2D eigenvalue weighted by Crippen LogP contribution is 2.40. The summed E-state index contributed by atoms with van der Waals surface area (Å²) in [4.78, 5) is 0. The van der Waals surface area contributed by atoms with Crippen molar-refractivity contribution in [1.29, 1.82) is 0 Å². The van der Waals surface area contributed by atoms with E-state index in [4.69, 9.17) is 0 Å². The molecule has 1 fully saturated rings. The van der Waals surface area contributed by atoms with Gasteiger partial charge in [-0.05, 0) is 35.3 Å². The lowest BCUT2D eigenvalue weighted by molar-refractivity contribution is 0.349. The van der Waals surface area contributed by atoms with Crippen molar-refractivity contribution in [2.75, 3.05) is 5.32 Å². The Hall–Kier alpha value is -0.980. The van der Waals surface area contributed by atoms with Crippen LogP contribution in [0.2, 0.25) is 0 Å². The fourth-order valence-corrected chi connectivity index (χ4v) is 3.05. The van der Waals surface area contributed by atoms with Crippen LogP contribution >= 0.6 is 0 Å². The molecular formula is C17H27N. The highest BCUT2D eigenvalue weighted by Gasteiger charge is 2.34. The normalized spacial score (nSPS) is 23.1. The van der Waals surface area contributed by atoms with Gasteiger partial charge in [-0.1, -0.05) is 59.2 Å². The molecule has 1 aromatic carbocycles. The van der Waals surface area contributed by atoms with E-state index in [0.717, 1.165) is 0 Å². The summed E-state index contributed by atoms with van der Waals surface area (Å²) in [5.41, 5.74) is 3.37. The van der Waals surface area contributed by atoms with Gasteiger partial charge in [0.25, 0.3) is 0 Å². The first-order valence-corrected chi connectivity index (χ1v) is 7.17. The summed E-state index contributed by atoms with van der Waals surface area (Å²) in [6.45, 7) is 11.6. The van der Waals surface area contributed by atoms with Gasteiger partial charge in [0.2, 0.25) is 0 Å². The van der Waals surface area contributed by atoms with Crippen molar-refractivity contribution in [2.45, 2.75) is 65.3 Å². The van der Waals surface area contributed by atoms with E-state index >= 15 is 0 Å². The van der Waals surface area contributed by atoms with Crippen LogP contribution in [0.15, 0.2) is 24.3 Å². The van der Waals surface area contributed by atoms with Crippen LogP contribution in [0, 0.1) is 5.41 Å². The van der Waals surface area contributed by atoms with E-state index in [-0.39, 0.29) is 5.41 Å². The monoisotopic (exact) mass is 245 g/mol. The minimum atomic E-state index is 0.201. The van der Waals surface area contributed by atoms with Crippen molar-refractivity contribution < 1.29 is 0 Å². The number of nitrogens with one attached hydrogen (secondary N) is 1. The average Bonchev–Trinajstić information content (AvgIpc) is 2.58. The molecule has 0 heterocycles. The Bertz CT molecular complexity index is 412. The molecule has 0 amide bonds. The lowest BCUT2D eigenvalue weighted by Crippen LogP contribution is -2.32. The number of para-hydroxylation sites is 1. The van der Waals surface area contributed by atoms with Gasteiger partial charge >= 0.3 is 0 Å². The highest BCUT2D eigenvalue weighted by molar-refractivity contribution is 5.55. The summed E-state index contributed by atoms with van der Waals surface area (Å²) in [5.74, 6) is 0. The maximum Gasteiger partial charge on any atom is 0.0380 e. The number of benzene rings is 1. The molecule has 0 aromatic heterocycles. The van der Waals surface area contributed by atoms with Gasteiger partial charge in [0.15, 0.2) is 0 Å². The molecule has 1 unspecified atom stereocenters. The minimum absolute atomic E-state index is 0.201. The third-order valence-electron chi connectivity index (χ3n) is 4.32. The standard InChI is InChI=1S/C17H27N/c1-16(2,3)13-9-6-7-10-14(13)18-15-11-8-12-17(15,4)5/h6-7,9-10,15,18H,8,11-12H2,1-5H3. The lowest BCUT2D eigenvalue weighted by Gasteiger charge is -2.31. The summed E-state index contributed by atoms with van der Waals surface area (Å²) in [7, 11) is 0. The van der Waals surface area contributed by atoms with Gasteiger partial charge in [0, 0.05) is 11.7 Å². The van der Waals surface area contributed by atoms with Crippen LogP contribution in [0.1, 0.15) is 59.4 Å². The number of rotatable bonds is 2. The Morgan fingerprint density at radius 1 is 1.17 bits per heavy atom. The van der Waals surface area contributed by atoms with Crippen molar-refractivity contribution in [3.8, 4) is 0 Å². The van der Waals surface area contributed by atoms with E-state index in [9.17, 15) is 0 Å². The van der Waals surface area contributed by atoms with Gasteiger partial charge in [0.05, 0.1) is 0 Å². The molecule has 1 atom stereocenters. The molecule has 1 N–H and O–H groups in total. The summed E-state index contributed by atoms with van der Waals surface area (Å²) in [5, 5.41) is 3.81. The van der Waals surface area contributed by atoms with Crippen LogP contribution in [0.3, 0.4) is 0 Å². The second-order valence-corrected chi connectivity index (χ2v) is 7.37. The Balaban J connectivity index is 2.25. The molecular weight excluding hydrogens is 218 g/mol. The molecule has 100 valence electrons. The minimum Gasteiger partial charge on any atom is -0.382 e. The first-order chi connectivity index (χ1) is 8.31. The topological polar surface area (TPSA) is 12.0 Å². The molecule has 0 radical (unpaired) electrons.